The number of alkyl halides is 1. The van der Waals surface area contributed by atoms with Crippen molar-refractivity contribution in [3.8, 4) is 11.5 Å². The topological polar surface area (TPSA) is 91.3 Å². The lowest BCUT2D eigenvalue weighted by atomic mass is 9.78. The maximum atomic E-state index is 11.1. The van der Waals surface area contributed by atoms with E-state index in [9.17, 15) is 14.7 Å². The summed E-state index contributed by atoms with van der Waals surface area (Å²) in [5.74, 6) is 0.580. The van der Waals surface area contributed by atoms with Gasteiger partial charge >= 0.3 is 11.9 Å². The number of esters is 2. The van der Waals surface area contributed by atoms with Crippen molar-refractivity contribution in [3.63, 3.8) is 0 Å². The molecule has 2 rings (SSSR count). The van der Waals surface area contributed by atoms with Crippen molar-refractivity contribution < 1.29 is 33.6 Å². The minimum Gasteiger partial charge on any atom is -0.490 e. The molecule has 2 aromatic carbocycles. The molecule has 0 amide bonds. The van der Waals surface area contributed by atoms with Crippen LogP contribution in [0.3, 0.4) is 0 Å². The maximum absolute atomic E-state index is 11.1. The maximum Gasteiger partial charge on any atom is 0.303 e. The van der Waals surface area contributed by atoms with E-state index < -0.39 is 24.1 Å². The molecule has 2 atom stereocenters. The Labute approximate surface area is 199 Å². The second kappa shape index (κ2) is 12.5. The fraction of sp³-hybridized carbons (Fsp3) is 0.440. The minimum absolute atomic E-state index is 0.0717. The molecule has 7 nitrogen and oxygen atoms in total. The van der Waals surface area contributed by atoms with Crippen molar-refractivity contribution in [1.82, 2.24) is 0 Å². The van der Waals surface area contributed by atoms with Gasteiger partial charge in [0, 0.05) is 19.3 Å². The van der Waals surface area contributed by atoms with Crippen molar-refractivity contribution in [2.24, 2.45) is 0 Å². The zero-order valence-electron chi connectivity index (χ0n) is 19.4. The summed E-state index contributed by atoms with van der Waals surface area (Å²) in [5, 5.41) is 9.27. The van der Waals surface area contributed by atoms with Crippen LogP contribution >= 0.6 is 11.6 Å². The Morgan fingerprint density at radius 2 is 1.21 bits per heavy atom. The first-order valence-corrected chi connectivity index (χ1v) is 11.2. The number of hydrogen-bond donors (Lipinski definition) is 1. The SMILES string of the molecule is CC(=O)O[C@H](CO)COc1ccc(C(C)(C)c2ccc(OC[C@@H](CCl)OC(C)=O)cc2)cc1. The van der Waals surface area contributed by atoms with E-state index in [0.717, 1.165) is 11.1 Å². The third kappa shape index (κ3) is 8.26. The van der Waals surface area contributed by atoms with E-state index in [4.69, 9.17) is 30.5 Å². The first-order valence-electron chi connectivity index (χ1n) is 10.6. The normalized spacial score (nSPS) is 13.0. The largest absolute Gasteiger partial charge is 0.490 e. The molecule has 0 bridgehead atoms. The van der Waals surface area contributed by atoms with Gasteiger partial charge in [-0.3, -0.25) is 9.59 Å². The molecule has 0 aliphatic heterocycles. The predicted molar refractivity (Wildman–Crippen MR) is 125 cm³/mol. The summed E-state index contributed by atoms with van der Waals surface area (Å²) in [7, 11) is 0. The summed E-state index contributed by atoms with van der Waals surface area (Å²) in [5.41, 5.74) is 1.89. The fourth-order valence-corrected chi connectivity index (χ4v) is 3.34. The highest BCUT2D eigenvalue weighted by atomic mass is 35.5. The van der Waals surface area contributed by atoms with E-state index in [2.05, 4.69) is 13.8 Å². The Morgan fingerprint density at radius 1 is 0.818 bits per heavy atom. The van der Waals surface area contributed by atoms with Gasteiger partial charge in [-0.1, -0.05) is 38.1 Å². The lowest BCUT2D eigenvalue weighted by Gasteiger charge is -2.26. The molecule has 0 aromatic heterocycles. The van der Waals surface area contributed by atoms with E-state index in [1.54, 1.807) is 0 Å². The predicted octanol–water partition coefficient (Wildman–Crippen LogP) is 3.86. The molecule has 0 radical (unpaired) electrons. The standard InChI is InChI=1S/C25H31ClO7/c1-17(28)32-23(13-26)15-30-21-9-5-19(6-10-21)25(3,4)20-7-11-22(12-8-20)31-16-24(14-27)33-18(2)29/h5-12,23-24,27H,13-16H2,1-4H3/t23-,24-/m1/s1. The van der Waals surface area contributed by atoms with Gasteiger partial charge in [-0.2, -0.15) is 0 Å². The van der Waals surface area contributed by atoms with Gasteiger partial charge in [0.05, 0.1) is 12.5 Å². The van der Waals surface area contributed by atoms with Crippen LogP contribution in [0.15, 0.2) is 48.5 Å². The highest BCUT2D eigenvalue weighted by Crippen LogP contribution is 2.33. The van der Waals surface area contributed by atoms with Crippen LogP contribution in [0.5, 0.6) is 11.5 Å². The van der Waals surface area contributed by atoms with Gasteiger partial charge in [0.1, 0.15) is 30.8 Å². The van der Waals surface area contributed by atoms with Crippen LogP contribution < -0.4 is 9.47 Å². The Balaban J connectivity index is 1.99. The van der Waals surface area contributed by atoms with E-state index in [0.29, 0.717) is 11.5 Å². The molecule has 0 fully saturated rings. The van der Waals surface area contributed by atoms with E-state index in [1.807, 2.05) is 48.5 Å². The molecule has 1 N–H and O–H groups in total. The average molecular weight is 479 g/mol. The highest BCUT2D eigenvalue weighted by Gasteiger charge is 2.23. The van der Waals surface area contributed by atoms with Gasteiger partial charge in [0.15, 0.2) is 6.10 Å². The Morgan fingerprint density at radius 3 is 1.58 bits per heavy atom. The molecule has 180 valence electrons. The number of carbonyl (C=O) groups is 2. The van der Waals surface area contributed by atoms with Crippen molar-refractivity contribution in [2.75, 3.05) is 25.7 Å². The van der Waals surface area contributed by atoms with Crippen LogP contribution in [-0.4, -0.2) is 55.0 Å². The van der Waals surface area contributed by atoms with Crippen LogP contribution in [0.25, 0.3) is 0 Å². The molecule has 8 heteroatoms. The second-order valence-electron chi connectivity index (χ2n) is 8.10. The first-order chi connectivity index (χ1) is 15.6. The van der Waals surface area contributed by atoms with Gasteiger partial charge < -0.3 is 24.1 Å². The summed E-state index contributed by atoms with van der Waals surface area (Å²) in [6, 6.07) is 15.4. The number of carbonyl (C=O) groups excluding carboxylic acids is 2. The second-order valence-corrected chi connectivity index (χ2v) is 8.40. The van der Waals surface area contributed by atoms with Gasteiger partial charge in [-0.05, 0) is 35.4 Å². The van der Waals surface area contributed by atoms with Gasteiger partial charge in [-0.15, -0.1) is 11.6 Å². The van der Waals surface area contributed by atoms with E-state index in [1.165, 1.54) is 13.8 Å². The number of ether oxygens (including phenoxy) is 4. The van der Waals surface area contributed by atoms with Crippen LogP contribution in [0.1, 0.15) is 38.8 Å². The summed E-state index contributed by atoms with van der Waals surface area (Å²) in [6.07, 6.45) is -1.20. The first kappa shape index (κ1) is 26.5. The molecule has 0 saturated heterocycles. The summed E-state index contributed by atoms with van der Waals surface area (Å²) < 4.78 is 21.4. The number of aliphatic hydroxyl groups is 1. The highest BCUT2D eigenvalue weighted by molar-refractivity contribution is 6.18. The third-order valence-electron chi connectivity index (χ3n) is 5.06. The molecule has 0 aliphatic rings. The smallest absolute Gasteiger partial charge is 0.303 e. The molecule has 0 heterocycles. The summed E-state index contributed by atoms with van der Waals surface area (Å²) in [4.78, 5) is 22.1. The molecular formula is C25H31ClO7. The van der Waals surface area contributed by atoms with E-state index in [-0.39, 0.29) is 31.1 Å². The lowest BCUT2D eigenvalue weighted by molar-refractivity contribution is -0.150. The van der Waals surface area contributed by atoms with Gasteiger partial charge in [0.2, 0.25) is 0 Å². The van der Waals surface area contributed by atoms with Crippen LogP contribution in [0.2, 0.25) is 0 Å². The number of hydrogen-bond acceptors (Lipinski definition) is 7. The lowest BCUT2D eigenvalue weighted by Crippen LogP contribution is -2.27. The van der Waals surface area contributed by atoms with Crippen LogP contribution in [-0.2, 0) is 24.5 Å². The van der Waals surface area contributed by atoms with Crippen LogP contribution in [0, 0.1) is 0 Å². The molecule has 0 saturated carbocycles. The Hall–Kier alpha value is -2.77. The molecule has 0 aliphatic carbocycles. The van der Waals surface area contributed by atoms with Crippen molar-refractivity contribution in [3.05, 3.63) is 59.7 Å². The Kier molecular flexibility index (Phi) is 10.0. The summed E-state index contributed by atoms with van der Waals surface area (Å²) in [6.45, 7) is 6.81. The summed E-state index contributed by atoms with van der Waals surface area (Å²) >= 11 is 5.81. The fourth-order valence-electron chi connectivity index (χ4n) is 3.18. The number of halogens is 1. The average Bonchev–Trinajstić information content (AvgIpc) is 2.79. The third-order valence-corrected chi connectivity index (χ3v) is 5.41. The van der Waals surface area contributed by atoms with Crippen LogP contribution in [0.4, 0.5) is 0 Å². The molecular weight excluding hydrogens is 448 g/mol. The molecule has 0 unspecified atom stereocenters. The Bertz CT molecular complexity index is 820. The number of benzene rings is 2. The molecule has 33 heavy (non-hydrogen) atoms. The number of aliphatic hydroxyl groups excluding tert-OH is 1. The van der Waals surface area contributed by atoms with Crippen molar-refractivity contribution >= 4 is 23.5 Å². The number of rotatable bonds is 12. The monoisotopic (exact) mass is 478 g/mol. The van der Waals surface area contributed by atoms with Gasteiger partial charge in [0.25, 0.3) is 0 Å². The van der Waals surface area contributed by atoms with Gasteiger partial charge in [-0.25, -0.2) is 0 Å². The van der Waals surface area contributed by atoms with Crippen molar-refractivity contribution in [2.45, 2.75) is 45.3 Å². The quantitative estimate of drug-likeness (QED) is 0.366. The zero-order chi connectivity index (χ0) is 24.4. The zero-order valence-corrected chi connectivity index (χ0v) is 20.1. The van der Waals surface area contributed by atoms with E-state index >= 15 is 0 Å². The molecule has 2 aromatic rings. The minimum atomic E-state index is -0.701. The molecule has 0 spiro atoms. The van der Waals surface area contributed by atoms with Crippen molar-refractivity contribution in [1.29, 1.82) is 0 Å².